The van der Waals surface area contributed by atoms with Crippen molar-refractivity contribution in [2.24, 2.45) is 5.73 Å². The van der Waals surface area contributed by atoms with Crippen LogP contribution in [-0.2, 0) is 11.2 Å². The second kappa shape index (κ2) is 7.21. The Balaban J connectivity index is 2.28. The van der Waals surface area contributed by atoms with E-state index in [0.29, 0.717) is 21.6 Å². The predicted molar refractivity (Wildman–Crippen MR) is 73.9 cm³/mol. The lowest BCUT2D eigenvalue weighted by Gasteiger charge is -2.10. The Labute approximate surface area is 115 Å². The quantitative estimate of drug-likeness (QED) is 0.848. The van der Waals surface area contributed by atoms with E-state index in [2.05, 4.69) is 5.32 Å². The Kier molecular flexibility index (Phi) is 6.27. The summed E-state index contributed by atoms with van der Waals surface area (Å²) >= 11 is 13.2. The van der Waals surface area contributed by atoms with E-state index in [-0.39, 0.29) is 11.9 Å². The molecule has 0 radical (unpaired) electrons. The third-order valence-corrected chi connectivity index (χ3v) is 3.91. The van der Waals surface area contributed by atoms with E-state index in [0.717, 1.165) is 18.4 Å². The van der Waals surface area contributed by atoms with Gasteiger partial charge in [0, 0.05) is 19.0 Å². The van der Waals surface area contributed by atoms with Crippen molar-refractivity contribution in [2.75, 3.05) is 6.54 Å². The van der Waals surface area contributed by atoms with Crippen molar-refractivity contribution >= 4 is 40.4 Å². The van der Waals surface area contributed by atoms with E-state index >= 15 is 0 Å². The fourth-order valence-electron chi connectivity index (χ4n) is 1.39. The minimum atomic E-state index is 0.0281. The number of rotatable bonds is 6. The second-order valence-electron chi connectivity index (χ2n) is 3.91. The van der Waals surface area contributed by atoms with Crippen LogP contribution < -0.4 is 11.1 Å². The molecule has 0 aliphatic rings. The molecular formula is C11H16Cl2N2OS. The van der Waals surface area contributed by atoms with Crippen LogP contribution in [-0.4, -0.2) is 18.5 Å². The predicted octanol–water partition coefficient (Wildman–Crippen LogP) is 2.84. The van der Waals surface area contributed by atoms with Crippen molar-refractivity contribution in [2.45, 2.75) is 32.2 Å². The van der Waals surface area contributed by atoms with Crippen LogP contribution in [0.25, 0.3) is 0 Å². The number of aryl methyl sites for hydroxylation is 1. The van der Waals surface area contributed by atoms with Crippen molar-refractivity contribution in [1.82, 2.24) is 5.32 Å². The Hall–Kier alpha value is -0.290. The first kappa shape index (κ1) is 14.8. The number of hydrogen-bond donors (Lipinski definition) is 2. The van der Waals surface area contributed by atoms with E-state index in [1.807, 2.05) is 13.0 Å². The number of carbonyl (C=O) groups is 1. The molecule has 0 aliphatic carbocycles. The number of hydrogen-bond acceptors (Lipinski definition) is 3. The average molecular weight is 295 g/mol. The zero-order valence-corrected chi connectivity index (χ0v) is 12.0. The number of thiophene rings is 1. The van der Waals surface area contributed by atoms with Gasteiger partial charge in [-0.3, -0.25) is 4.79 Å². The first-order chi connectivity index (χ1) is 8.02. The van der Waals surface area contributed by atoms with Crippen LogP contribution in [0.1, 0.15) is 25.3 Å². The standard InChI is InChI=1S/C11H16Cl2N2OS/c1-7(6-14)15-10(16)4-2-3-8-5-9(12)17-11(8)13/h5,7H,2-4,6,14H2,1H3,(H,15,16)/t7-/m0/s1. The van der Waals surface area contributed by atoms with Crippen LogP contribution >= 0.6 is 34.5 Å². The highest BCUT2D eigenvalue weighted by atomic mass is 35.5. The Bertz CT molecular complexity index is 382. The average Bonchev–Trinajstić information content (AvgIpc) is 2.57. The topological polar surface area (TPSA) is 55.1 Å². The summed E-state index contributed by atoms with van der Waals surface area (Å²) in [4.78, 5) is 11.5. The minimum Gasteiger partial charge on any atom is -0.352 e. The van der Waals surface area contributed by atoms with Crippen molar-refractivity contribution in [3.63, 3.8) is 0 Å². The van der Waals surface area contributed by atoms with E-state index in [1.165, 1.54) is 11.3 Å². The molecule has 0 fully saturated rings. The highest BCUT2D eigenvalue weighted by Crippen LogP contribution is 2.31. The van der Waals surface area contributed by atoms with E-state index < -0.39 is 0 Å². The summed E-state index contributed by atoms with van der Waals surface area (Å²) in [5.74, 6) is 0.0281. The van der Waals surface area contributed by atoms with Gasteiger partial charge >= 0.3 is 0 Å². The van der Waals surface area contributed by atoms with Crippen LogP contribution in [0.4, 0.5) is 0 Å². The maximum Gasteiger partial charge on any atom is 0.220 e. The maximum atomic E-state index is 11.5. The highest BCUT2D eigenvalue weighted by molar-refractivity contribution is 7.20. The summed E-state index contributed by atoms with van der Waals surface area (Å²) in [5.41, 5.74) is 6.43. The number of nitrogens with two attached hydrogens (primary N) is 1. The SMILES string of the molecule is C[C@@H](CN)NC(=O)CCCc1cc(Cl)sc1Cl. The molecule has 3 nitrogen and oxygen atoms in total. The van der Waals surface area contributed by atoms with Gasteiger partial charge in [0.1, 0.15) is 0 Å². The van der Waals surface area contributed by atoms with Crippen molar-refractivity contribution in [1.29, 1.82) is 0 Å². The fraction of sp³-hybridized carbons (Fsp3) is 0.545. The summed E-state index contributed by atoms with van der Waals surface area (Å²) in [5, 5.41) is 2.82. The molecule has 3 N–H and O–H groups in total. The van der Waals surface area contributed by atoms with Crippen molar-refractivity contribution < 1.29 is 4.79 Å². The third-order valence-electron chi connectivity index (χ3n) is 2.34. The Morgan fingerprint density at radius 2 is 2.29 bits per heavy atom. The van der Waals surface area contributed by atoms with Gasteiger partial charge in [-0.25, -0.2) is 0 Å². The molecule has 1 rings (SSSR count). The Morgan fingerprint density at radius 3 is 2.82 bits per heavy atom. The molecule has 1 heterocycles. The zero-order chi connectivity index (χ0) is 12.8. The van der Waals surface area contributed by atoms with E-state index in [9.17, 15) is 4.79 Å². The third kappa shape index (κ3) is 5.25. The smallest absolute Gasteiger partial charge is 0.220 e. The largest absolute Gasteiger partial charge is 0.352 e. The van der Waals surface area contributed by atoms with Crippen LogP contribution in [0.5, 0.6) is 0 Å². The van der Waals surface area contributed by atoms with E-state index in [4.69, 9.17) is 28.9 Å². The second-order valence-corrected chi connectivity index (χ2v) is 6.19. The molecule has 17 heavy (non-hydrogen) atoms. The lowest BCUT2D eigenvalue weighted by molar-refractivity contribution is -0.121. The first-order valence-corrected chi connectivity index (χ1v) is 7.03. The molecule has 1 aromatic heterocycles. The summed E-state index contributed by atoms with van der Waals surface area (Å²) < 4.78 is 1.40. The number of amides is 1. The number of nitrogens with one attached hydrogen (secondary N) is 1. The molecule has 0 aromatic carbocycles. The van der Waals surface area contributed by atoms with Crippen LogP contribution in [0, 0.1) is 0 Å². The lowest BCUT2D eigenvalue weighted by Crippen LogP contribution is -2.37. The van der Waals surface area contributed by atoms with E-state index in [1.54, 1.807) is 0 Å². The van der Waals surface area contributed by atoms with Crippen LogP contribution in [0.2, 0.25) is 8.67 Å². The normalized spacial score (nSPS) is 12.5. The monoisotopic (exact) mass is 294 g/mol. The molecule has 1 amide bonds. The van der Waals surface area contributed by atoms with Gasteiger partial charge in [-0.15, -0.1) is 11.3 Å². The maximum absolute atomic E-state index is 11.5. The van der Waals surface area contributed by atoms with Gasteiger partial charge in [0.25, 0.3) is 0 Å². The molecular weight excluding hydrogens is 279 g/mol. The lowest BCUT2D eigenvalue weighted by atomic mass is 10.1. The molecule has 0 saturated carbocycles. The summed E-state index contributed by atoms with van der Waals surface area (Å²) in [6.45, 7) is 2.34. The summed E-state index contributed by atoms with van der Waals surface area (Å²) in [7, 11) is 0. The zero-order valence-electron chi connectivity index (χ0n) is 9.63. The molecule has 0 saturated heterocycles. The molecule has 96 valence electrons. The highest BCUT2D eigenvalue weighted by Gasteiger charge is 2.08. The Morgan fingerprint density at radius 1 is 1.59 bits per heavy atom. The van der Waals surface area contributed by atoms with Gasteiger partial charge < -0.3 is 11.1 Å². The van der Waals surface area contributed by atoms with Crippen LogP contribution in [0.15, 0.2) is 6.07 Å². The molecule has 1 aromatic rings. The van der Waals surface area contributed by atoms with Gasteiger partial charge in [0.2, 0.25) is 5.91 Å². The molecule has 0 unspecified atom stereocenters. The molecule has 0 spiro atoms. The molecule has 6 heteroatoms. The van der Waals surface area contributed by atoms with Crippen molar-refractivity contribution in [3.05, 3.63) is 20.3 Å². The summed E-state index contributed by atoms with van der Waals surface area (Å²) in [6.07, 6.45) is 2.01. The molecule has 1 atom stereocenters. The van der Waals surface area contributed by atoms with Gasteiger partial charge in [-0.2, -0.15) is 0 Å². The number of carbonyl (C=O) groups excluding carboxylic acids is 1. The summed E-state index contributed by atoms with van der Waals surface area (Å²) in [6, 6.07) is 1.89. The molecule has 0 aliphatic heterocycles. The van der Waals surface area contributed by atoms with Crippen LogP contribution in [0.3, 0.4) is 0 Å². The number of halogens is 2. The molecule has 0 bridgehead atoms. The van der Waals surface area contributed by atoms with Crippen molar-refractivity contribution in [3.8, 4) is 0 Å². The van der Waals surface area contributed by atoms with Gasteiger partial charge in [-0.1, -0.05) is 23.2 Å². The van der Waals surface area contributed by atoms with Gasteiger partial charge in [0.15, 0.2) is 0 Å². The first-order valence-electron chi connectivity index (χ1n) is 5.46. The fourth-order valence-corrected chi connectivity index (χ4v) is 2.93. The minimum absolute atomic E-state index is 0.0281. The van der Waals surface area contributed by atoms with Gasteiger partial charge in [0.05, 0.1) is 8.67 Å². The van der Waals surface area contributed by atoms with Gasteiger partial charge in [-0.05, 0) is 31.4 Å².